The molecule has 3 aromatic rings. The summed E-state index contributed by atoms with van der Waals surface area (Å²) in [5.74, 6) is 0.852. The quantitative estimate of drug-likeness (QED) is 0.471. The summed E-state index contributed by atoms with van der Waals surface area (Å²) in [6.07, 6.45) is 9.53. The van der Waals surface area contributed by atoms with E-state index < -0.39 is 0 Å². The molecule has 1 aromatic heterocycles. The zero-order valence-electron chi connectivity index (χ0n) is 18.7. The van der Waals surface area contributed by atoms with Crippen LogP contribution >= 0.6 is 0 Å². The molecule has 0 N–H and O–H groups in total. The van der Waals surface area contributed by atoms with Crippen LogP contribution in [0, 0.1) is 18.7 Å². The minimum Gasteiger partial charge on any atom is -0.496 e. The largest absolute Gasteiger partial charge is 0.496 e. The molecule has 0 bridgehead atoms. The number of benzene rings is 2. The number of halogens is 1. The van der Waals surface area contributed by atoms with Crippen molar-refractivity contribution in [1.82, 2.24) is 9.78 Å². The highest BCUT2D eigenvalue weighted by Gasteiger charge is 2.20. The van der Waals surface area contributed by atoms with Crippen molar-refractivity contribution < 1.29 is 9.13 Å². The maximum Gasteiger partial charge on any atom is 0.274 e. The van der Waals surface area contributed by atoms with Crippen molar-refractivity contribution in [3.05, 3.63) is 81.5 Å². The fraction of sp³-hybridized carbons (Fsp3) is 0.333. The first kappa shape index (κ1) is 22.0. The van der Waals surface area contributed by atoms with E-state index >= 15 is 0 Å². The highest BCUT2D eigenvalue weighted by Crippen LogP contribution is 2.34. The van der Waals surface area contributed by atoms with Crippen LogP contribution in [0.3, 0.4) is 0 Å². The second-order valence-electron chi connectivity index (χ2n) is 8.45. The third-order valence-corrected chi connectivity index (χ3v) is 6.19. The van der Waals surface area contributed by atoms with Crippen molar-refractivity contribution in [3.63, 3.8) is 0 Å². The van der Waals surface area contributed by atoms with Crippen LogP contribution in [-0.4, -0.2) is 16.9 Å². The summed E-state index contributed by atoms with van der Waals surface area (Å²) < 4.78 is 20.9. The van der Waals surface area contributed by atoms with Crippen LogP contribution < -0.4 is 10.3 Å². The fourth-order valence-corrected chi connectivity index (χ4v) is 4.59. The highest BCUT2D eigenvalue weighted by atomic mass is 19.1. The number of para-hydroxylation sites is 1. The Hall–Kier alpha value is -3.21. The summed E-state index contributed by atoms with van der Waals surface area (Å²) in [4.78, 5) is 13.6. The molecule has 1 heterocycles. The van der Waals surface area contributed by atoms with Crippen molar-refractivity contribution >= 4 is 12.2 Å². The van der Waals surface area contributed by atoms with E-state index in [4.69, 9.17) is 9.84 Å². The molecule has 32 heavy (non-hydrogen) atoms. The van der Waals surface area contributed by atoms with E-state index in [1.165, 1.54) is 31.4 Å². The monoisotopic (exact) mass is 432 g/mol. The van der Waals surface area contributed by atoms with Gasteiger partial charge in [-0.05, 0) is 55.5 Å². The van der Waals surface area contributed by atoms with E-state index in [1.54, 1.807) is 30.0 Å². The average molecular weight is 433 g/mol. The Morgan fingerprint density at radius 1 is 1.09 bits per heavy atom. The number of aryl methyl sites for hydroxylation is 1. The van der Waals surface area contributed by atoms with Gasteiger partial charge in [-0.2, -0.15) is 5.10 Å². The van der Waals surface area contributed by atoms with Gasteiger partial charge in [0.1, 0.15) is 11.6 Å². The summed E-state index contributed by atoms with van der Waals surface area (Å²) in [6.45, 7) is 2.56. The van der Waals surface area contributed by atoms with Gasteiger partial charge in [-0.15, -0.1) is 0 Å². The maximum atomic E-state index is 13.7. The predicted molar refractivity (Wildman–Crippen MR) is 127 cm³/mol. The topological polar surface area (TPSA) is 44.1 Å². The average Bonchev–Trinajstić information content (AvgIpc) is 2.81. The summed E-state index contributed by atoms with van der Waals surface area (Å²) in [5.41, 5.74) is 3.45. The van der Waals surface area contributed by atoms with Gasteiger partial charge in [0, 0.05) is 17.7 Å². The lowest BCUT2D eigenvalue weighted by atomic mass is 9.89. The molecular weight excluding hydrogens is 403 g/mol. The van der Waals surface area contributed by atoms with Crippen molar-refractivity contribution in [2.24, 2.45) is 5.92 Å². The zero-order chi connectivity index (χ0) is 22.5. The molecule has 0 aliphatic heterocycles. The number of nitrogens with zero attached hydrogens (tertiary/aromatic N) is 2. The van der Waals surface area contributed by atoms with E-state index in [2.05, 4.69) is 0 Å². The number of ether oxygens (including phenoxy) is 1. The number of aromatic nitrogens is 2. The van der Waals surface area contributed by atoms with Gasteiger partial charge in [-0.25, -0.2) is 9.07 Å². The lowest BCUT2D eigenvalue weighted by Crippen LogP contribution is -2.30. The Kier molecular flexibility index (Phi) is 6.84. The number of hydrogen-bond donors (Lipinski definition) is 0. The first-order valence-corrected chi connectivity index (χ1v) is 11.3. The van der Waals surface area contributed by atoms with Gasteiger partial charge >= 0.3 is 0 Å². The van der Waals surface area contributed by atoms with Gasteiger partial charge in [0.15, 0.2) is 0 Å². The number of methoxy groups -OCH3 is 1. The predicted octanol–water partition coefficient (Wildman–Crippen LogP) is 6.12. The van der Waals surface area contributed by atoms with Gasteiger partial charge in [0.05, 0.1) is 18.4 Å². The third-order valence-electron chi connectivity index (χ3n) is 6.19. The fourth-order valence-electron chi connectivity index (χ4n) is 4.59. The molecule has 1 saturated carbocycles. The van der Waals surface area contributed by atoms with Gasteiger partial charge in [-0.3, -0.25) is 4.79 Å². The molecule has 5 heteroatoms. The Labute approximate surface area is 188 Å². The van der Waals surface area contributed by atoms with E-state index in [0.717, 1.165) is 29.7 Å². The summed E-state index contributed by atoms with van der Waals surface area (Å²) >= 11 is 0. The molecule has 166 valence electrons. The second kappa shape index (κ2) is 9.94. The van der Waals surface area contributed by atoms with Crippen molar-refractivity contribution in [1.29, 1.82) is 0 Å². The van der Waals surface area contributed by atoms with E-state index in [1.807, 2.05) is 37.3 Å². The minimum atomic E-state index is -0.308. The SMILES string of the molecule is COc1ccccc1-c1c(C)nn(CC2CCCCC2)c(=O)c1/C=C/c1cccc(F)c1. The molecule has 0 saturated heterocycles. The first-order chi connectivity index (χ1) is 15.6. The summed E-state index contributed by atoms with van der Waals surface area (Å²) in [7, 11) is 1.62. The van der Waals surface area contributed by atoms with Crippen LogP contribution in [0.1, 0.15) is 48.9 Å². The molecule has 4 rings (SSSR count). The molecule has 0 atom stereocenters. The van der Waals surface area contributed by atoms with Gasteiger partial charge in [0.2, 0.25) is 0 Å². The molecule has 1 fully saturated rings. The van der Waals surface area contributed by atoms with Crippen LogP contribution in [0.4, 0.5) is 4.39 Å². The molecule has 0 amide bonds. The Morgan fingerprint density at radius 2 is 1.88 bits per heavy atom. The van der Waals surface area contributed by atoms with Crippen molar-refractivity contribution in [2.75, 3.05) is 7.11 Å². The summed E-state index contributed by atoms with van der Waals surface area (Å²) in [6, 6.07) is 14.0. The molecule has 1 aliphatic carbocycles. The van der Waals surface area contributed by atoms with Crippen molar-refractivity contribution in [2.45, 2.75) is 45.6 Å². The lowest BCUT2D eigenvalue weighted by molar-refractivity contribution is 0.302. The Morgan fingerprint density at radius 3 is 2.62 bits per heavy atom. The first-order valence-electron chi connectivity index (χ1n) is 11.3. The van der Waals surface area contributed by atoms with E-state index in [-0.39, 0.29) is 11.4 Å². The van der Waals surface area contributed by atoms with Gasteiger partial charge in [-0.1, -0.05) is 55.7 Å². The van der Waals surface area contributed by atoms with E-state index in [0.29, 0.717) is 29.3 Å². The standard InChI is InChI=1S/C27H29FN2O2/c1-19-26(23-13-6-7-14-25(23)32-2)24(16-15-20-11-8-12-22(28)17-20)27(31)30(29-19)18-21-9-4-3-5-10-21/h6-8,11-17,21H,3-5,9-10,18H2,1-2H3/b16-15+. The molecule has 0 spiro atoms. The van der Waals surface area contributed by atoms with Crippen molar-refractivity contribution in [3.8, 4) is 16.9 Å². The van der Waals surface area contributed by atoms with Gasteiger partial charge in [0.25, 0.3) is 5.56 Å². The van der Waals surface area contributed by atoms with E-state index in [9.17, 15) is 9.18 Å². The smallest absolute Gasteiger partial charge is 0.274 e. The Bertz CT molecular complexity index is 1180. The normalized spacial score (nSPS) is 14.7. The maximum absolute atomic E-state index is 13.7. The zero-order valence-corrected chi connectivity index (χ0v) is 18.7. The molecule has 0 unspecified atom stereocenters. The second-order valence-corrected chi connectivity index (χ2v) is 8.45. The molecular formula is C27H29FN2O2. The molecule has 0 radical (unpaired) electrons. The summed E-state index contributed by atoms with van der Waals surface area (Å²) in [5, 5.41) is 4.70. The molecule has 1 aliphatic rings. The third kappa shape index (κ3) is 4.82. The number of hydrogen-bond acceptors (Lipinski definition) is 3. The van der Waals surface area contributed by atoms with Crippen LogP contribution in [0.25, 0.3) is 23.3 Å². The minimum absolute atomic E-state index is 0.130. The Balaban J connectivity index is 1.84. The van der Waals surface area contributed by atoms with Crippen LogP contribution in [-0.2, 0) is 6.54 Å². The molecule has 4 nitrogen and oxygen atoms in total. The van der Waals surface area contributed by atoms with Gasteiger partial charge < -0.3 is 4.74 Å². The highest BCUT2D eigenvalue weighted by molar-refractivity contribution is 5.84. The van der Waals surface area contributed by atoms with Crippen LogP contribution in [0.5, 0.6) is 5.75 Å². The lowest BCUT2D eigenvalue weighted by Gasteiger charge is -2.23. The number of rotatable bonds is 6. The molecule has 2 aromatic carbocycles. The van der Waals surface area contributed by atoms with Crippen LogP contribution in [0.2, 0.25) is 0 Å². The van der Waals surface area contributed by atoms with Crippen LogP contribution in [0.15, 0.2) is 53.3 Å².